The Balaban J connectivity index is 2.37. The lowest BCUT2D eigenvalue weighted by molar-refractivity contribution is 0.289. The lowest BCUT2D eigenvalue weighted by atomic mass is 10.3. The van der Waals surface area contributed by atoms with Crippen molar-refractivity contribution < 1.29 is 14.7 Å². The molecule has 16 heavy (non-hydrogen) atoms. The smallest absolute Gasteiger partial charge is 0.161 e. The summed E-state index contributed by atoms with van der Waals surface area (Å²) in [7, 11) is 1.60. The zero-order valence-corrected chi connectivity index (χ0v) is 9.22. The summed E-state index contributed by atoms with van der Waals surface area (Å²) in [5.74, 6) is 1.61. The van der Waals surface area contributed by atoms with E-state index >= 15 is 0 Å². The quantitative estimate of drug-likeness (QED) is 0.253. The van der Waals surface area contributed by atoms with E-state index in [1.54, 1.807) is 7.11 Å². The van der Waals surface area contributed by atoms with E-state index in [-0.39, 0.29) is 5.84 Å². The second-order valence-electron chi connectivity index (χ2n) is 3.19. The number of rotatable bonds is 6. The zero-order chi connectivity index (χ0) is 11.8. The van der Waals surface area contributed by atoms with Crippen molar-refractivity contribution in [3.8, 4) is 11.5 Å². The largest absolute Gasteiger partial charge is 0.493 e. The predicted octanol–water partition coefficient (Wildman–Crippen LogP) is 1.60. The van der Waals surface area contributed by atoms with E-state index in [1.807, 2.05) is 24.3 Å². The normalized spacial score (nSPS) is 11.2. The van der Waals surface area contributed by atoms with Crippen LogP contribution >= 0.6 is 0 Å². The molecule has 0 aliphatic heterocycles. The van der Waals surface area contributed by atoms with E-state index in [0.717, 1.165) is 0 Å². The van der Waals surface area contributed by atoms with E-state index < -0.39 is 0 Å². The zero-order valence-electron chi connectivity index (χ0n) is 9.22. The molecule has 88 valence electrons. The number of benzene rings is 1. The van der Waals surface area contributed by atoms with E-state index in [0.29, 0.717) is 30.9 Å². The van der Waals surface area contributed by atoms with Gasteiger partial charge in [0.05, 0.1) is 13.7 Å². The fourth-order valence-electron chi connectivity index (χ4n) is 1.22. The number of oxime groups is 1. The minimum absolute atomic E-state index is 0.212. The van der Waals surface area contributed by atoms with Crippen molar-refractivity contribution >= 4 is 5.84 Å². The minimum atomic E-state index is 0.212. The third kappa shape index (κ3) is 3.68. The van der Waals surface area contributed by atoms with Crippen LogP contribution in [0, 0.1) is 0 Å². The third-order valence-corrected chi connectivity index (χ3v) is 2.03. The van der Waals surface area contributed by atoms with Crippen molar-refractivity contribution in [2.75, 3.05) is 13.7 Å². The number of nitrogens with two attached hydrogens (primary N) is 1. The molecule has 1 aromatic carbocycles. The van der Waals surface area contributed by atoms with Crippen LogP contribution in [-0.2, 0) is 0 Å². The second-order valence-corrected chi connectivity index (χ2v) is 3.19. The molecule has 1 aromatic rings. The molecule has 3 N–H and O–H groups in total. The summed E-state index contributed by atoms with van der Waals surface area (Å²) >= 11 is 0. The van der Waals surface area contributed by atoms with Crippen molar-refractivity contribution in [1.29, 1.82) is 0 Å². The van der Waals surface area contributed by atoms with Gasteiger partial charge in [-0.15, -0.1) is 0 Å². The van der Waals surface area contributed by atoms with Crippen molar-refractivity contribution in [3.63, 3.8) is 0 Å². The average Bonchev–Trinajstić information content (AvgIpc) is 2.34. The highest BCUT2D eigenvalue weighted by Crippen LogP contribution is 2.25. The summed E-state index contributed by atoms with van der Waals surface area (Å²) < 4.78 is 10.6. The van der Waals surface area contributed by atoms with Gasteiger partial charge in [0.15, 0.2) is 11.5 Å². The Labute approximate surface area is 94.5 Å². The van der Waals surface area contributed by atoms with Crippen LogP contribution in [-0.4, -0.2) is 24.8 Å². The Bertz CT molecular complexity index is 353. The Hall–Kier alpha value is -1.91. The summed E-state index contributed by atoms with van der Waals surface area (Å²) in [5.41, 5.74) is 5.33. The fraction of sp³-hybridized carbons (Fsp3) is 0.364. The van der Waals surface area contributed by atoms with Crippen LogP contribution in [0.3, 0.4) is 0 Å². The molecule has 0 saturated carbocycles. The first-order chi connectivity index (χ1) is 7.77. The summed E-state index contributed by atoms with van der Waals surface area (Å²) in [4.78, 5) is 0. The molecule has 0 aliphatic carbocycles. The van der Waals surface area contributed by atoms with E-state index in [2.05, 4.69) is 5.16 Å². The molecule has 0 unspecified atom stereocenters. The van der Waals surface area contributed by atoms with Gasteiger partial charge in [0, 0.05) is 6.42 Å². The molecular weight excluding hydrogens is 208 g/mol. The van der Waals surface area contributed by atoms with Gasteiger partial charge in [-0.2, -0.15) is 0 Å². The predicted molar refractivity (Wildman–Crippen MR) is 61.1 cm³/mol. The van der Waals surface area contributed by atoms with Gasteiger partial charge >= 0.3 is 0 Å². The monoisotopic (exact) mass is 224 g/mol. The Morgan fingerprint density at radius 3 is 2.69 bits per heavy atom. The standard InChI is InChI=1S/C11H16N2O3/c1-15-9-5-2-3-6-10(9)16-8-4-7-11(12)13-14/h2-3,5-6,14H,4,7-8H2,1H3,(H2,12,13). The van der Waals surface area contributed by atoms with Crippen LogP contribution in [0.4, 0.5) is 0 Å². The first-order valence-corrected chi connectivity index (χ1v) is 5.00. The second kappa shape index (κ2) is 6.55. The molecule has 0 fully saturated rings. The number of amidine groups is 1. The molecule has 5 nitrogen and oxygen atoms in total. The van der Waals surface area contributed by atoms with Gasteiger partial charge < -0.3 is 20.4 Å². The summed E-state index contributed by atoms with van der Waals surface area (Å²) in [6, 6.07) is 7.42. The van der Waals surface area contributed by atoms with Gasteiger partial charge in [-0.3, -0.25) is 0 Å². The maximum atomic E-state index is 8.34. The van der Waals surface area contributed by atoms with Crippen molar-refractivity contribution in [2.45, 2.75) is 12.8 Å². The minimum Gasteiger partial charge on any atom is -0.493 e. The lowest BCUT2D eigenvalue weighted by Gasteiger charge is -2.09. The van der Waals surface area contributed by atoms with Crippen LogP contribution in [0.2, 0.25) is 0 Å². The average molecular weight is 224 g/mol. The molecule has 5 heteroatoms. The molecular formula is C11H16N2O3. The molecule has 0 atom stereocenters. The molecule has 0 spiro atoms. The molecule has 0 saturated heterocycles. The molecule has 0 heterocycles. The Morgan fingerprint density at radius 2 is 2.06 bits per heavy atom. The van der Waals surface area contributed by atoms with E-state index in [9.17, 15) is 0 Å². The summed E-state index contributed by atoms with van der Waals surface area (Å²) in [6.07, 6.45) is 1.19. The van der Waals surface area contributed by atoms with Crippen LogP contribution in [0.15, 0.2) is 29.4 Å². The van der Waals surface area contributed by atoms with Gasteiger partial charge in [-0.05, 0) is 18.6 Å². The number of methoxy groups -OCH3 is 1. The highest BCUT2D eigenvalue weighted by Gasteiger charge is 2.02. The summed E-state index contributed by atoms with van der Waals surface area (Å²) in [5, 5.41) is 11.2. The molecule has 0 aliphatic rings. The van der Waals surface area contributed by atoms with Crippen molar-refractivity contribution in [3.05, 3.63) is 24.3 Å². The molecule has 0 radical (unpaired) electrons. The van der Waals surface area contributed by atoms with Crippen molar-refractivity contribution in [1.82, 2.24) is 0 Å². The van der Waals surface area contributed by atoms with Crippen LogP contribution in [0.1, 0.15) is 12.8 Å². The number of ether oxygens (including phenoxy) is 2. The summed E-state index contributed by atoms with van der Waals surface area (Å²) in [6.45, 7) is 0.497. The van der Waals surface area contributed by atoms with Crippen LogP contribution in [0.5, 0.6) is 11.5 Å². The fourth-order valence-corrected chi connectivity index (χ4v) is 1.22. The number of para-hydroxylation sites is 2. The van der Waals surface area contributed by atoms with Crippen LogP contribution in [0.25, 0.3) is 0 Å². The van der Waals surface area contributed by atoms with Gasteiger partial charge in [-0.1, -0.05) is 17.3 Å². The van der Waals surface area contributed by atoms with Gasteiger partial charge in [0.25, 0.3) is 0 Å². The number of nitrogens with zero attached hydrogens (tertiary/aromatic N) is 1. The SMILES string of the molecule is COc1ccccc1OCCC/C(N)=N/O. The Kier molecular flexibility index (Phi) is 4.98. The third-order valence-electron chi connectivity index (χ3n) is 2.03. The maximum absolute atomic E-state index is 8.34. The number of hydrogen-bond donors (Lipinski definition) is 2. The molecule has 1 rings (SSSR count). The highest BCUT2D eigenvalue weighted by molar-refractivity contribution is 5.79. The highest BCUT2D eigenvalue weighted by atomic mass is 16.5. The number of hydrogen-bond acceptors (Lipinski definition) is 4. The topological polar surface area (TPSA) is 77.1 Å². The van der Waals surface area contributed by atoms with Gasteiger partial charge in [0.1, 0.15) is 5.84 Å². The first-order valence-electron chi connectivity index (χ1n) is 5.00. The molecule has 0 bridgehead atoms. The van der Waals surface area contributed by atoms with Gasteiger partial charge in [-0.25, -0.2) is 0 Å². The first kappa shape index (κ1) is 12.2. The van der Waals surface area contributed by atoms with E-state index in [4.69, 9.17) is 20.4 Å². The molecule has 0 amide bonds. The molecule has 0 aromatic heterocycles. The Morgan fingerprint density at radius 1 is 1.38 bits per heavy atom. The maximum Gasteiger partial charge on any atom is 0.161 e. The lowest BCUT2D eigenvalue weighted by Crippen LogP contribution is -2.12. The van der Waals surface area contributed by atoms with Crippen LogP contribution < -0.4 is 15.2 Å². The van der Waals surface area contributed by atoms with E-state index in [1.165, 1.54) is 0 Å². The van der Waals surface area contributed by atoms with Gasteiger partial charge in [0.2, 0.25) is 0 Å². The van der Waals surface area contributed by atoms with Crippen molar-refractivity contribution in [2.24, 2.45) is 10.9 Å².